The highest BCUT2D eigenvalue weighted by atomic mass is 32.1. The molecule has 0 amide bonds. The second kappa shape index (κ2) is 7.55. The maximum Gasteiger partial charge on any atom is 0.206 e. The van der Waals surface area contributed by atoms with Gasteiger partial charge in [0.25, 0.3) is 0 Å². The number of nitrogens with zero attached hydrogens (tertiary/aromatic N) is 3. The molecule has 1 aromatic carbocycles. The van der Waals surface area contributed by atoms with Crippen molar-refractivity contribution in [3.05, 3.63) is 75.2 Å². The normalized spacial score (nSPS) is 12.2. The van der Waals surface area contributed by atoms with Gasteiger partial charge in [-0.15, -0.1) is 29.3 Å². The molecule has 2 heterocycles. The van der Waals surface area contributed by atoms with E-state index in [2.05, 4.69) is 66.5 Å². The first-order valence-electron chi connectivity index (χ1n) is 7.66. The molecule has 0 saturated heterocycles. The second-order valence-corrected chi connectivity index (χ2v) is 7.21. The number of aromatic nitrogens is 1. The van der Waals surface area contributed by atoms with E-state index in [1.807, 2.05) is 10.9 Å². The lowest BCUT2D eigenvalue weighted by atomic mass is 10.1. The number of thiophene rings is 1. The van der Waals surface area contributed by atoms with Gasteiger partial charge < -0.3 is 0 Å². The van der Waals surface area contributed by atoms with E-state index in [-0.39, 0.29) is 0 Å². The summed E-state index contributed by atoms with van der Waals surface area (Å²) in [7, 11) is 0. The molecule has 0 atom stereocenters. The minimum Gasteiger partial charge on any atom is -0.253 e. The molecule has 3 rings (SSSR count). The summed E-state index contributed by atoms with van der Waals surface area (Å²) < 4.78 is 1.92. The number of benzene rings is 1. The molecule has 3 nitrogen and oxygen atoms in total. The lowest BCUT2D eigenvalue weighted by molar-refractivity contribution is 0.842. The van der Waals surface area contributed by atoms with E-state index < -0.39 is 0 Å². The minimum absolute atomic E-state index is 0.587. The van der Waals surface area contributed by atoms with E-state index >= 15 is 0 Å². The van der Waals surface area contributed by atoms with Gasteiger partial charge in [-0.05, 0) is 36.4 Å². The smallest absolute Gasteiger partial charge is 0.206 e. The summed E-state index contributed by atoms with van der Waals surface area (Å²) in [5, 5.41) is 8.91. The Kier molecular flexibility index (Phi) is 5.23. The van der Waals surface area contributed by atoms with Crippen LogP contribution in [0.25, 0.3) is 10.6 Å². The molecule has 0 aliphatic rings. The summed E-state index contributed by atoms with van der Waals surface area (Å²) >= 11 is 3.30. The van der Waals surface area contributed by atoms with Gasteiger partial charge in [-0.1, -0.05) is 35.9 Å². The Labute approximate surface area is 150 Å². The fourth-order valence-electron chi connectivity index (χ4n) is 2.28. The highest BCUT2D eigenvalue weighted by molar-refractivity contribution is 7.14. The monoisotopic (exact) mass is 353 g/mol. The highest BCUT2D eigenvalue weighted by Crippen LogP contribution is 2.25. The van der Waals surface area contributed by atoms with E-state index in [1.165, 1.54) is 16.0 Å². The van der Waals surface area contributed by atoms with Crippen molar-refractivity contribution in [2.24, 2.45) is 10.1 Å². The molecule has 0 radical (unpaired) electrons. The molecule has 5 heteroatoms. The molecule has 0 N–H and O–H groups in total. The first kappa shape index (κ1) is 16.6. The van der Waals surface area contributed by atoms with Crippen molar-refractivity contribution in [3.8, 4) is 10.6 Å². The summed E-state index contributed by atoms with van der Waals surface area (Å²) in [4.78, 5) is 6.62. The standard InChI is InChI=1S/C19H19N3S2/c1-4-9-20-19-22(17(13-24-19)18-6-5-10-23-18)21-12-16-11-14(2)7-8-15(16)3/h4-8,10-13H,1,9H2,2-3H3. The van der Waals surface area contributed by atoms with Crippen molar-refractivity contribution in [2.75, 3.05) is 6.54 Å². The van der Waals surface area contributed by atoms with Crippen molar-refractivity contribution >= 4 is 28.9 Å². The van der Waals surface area contributed by atoms with Gasteiger partial charge in [0.05, 0.1) is 23.3 Å². The van der Waals surface area contributed by atoms with Gasteiger partial charge in [0.15, 0.2) is 0 Å². The van der Waals surface area contributed by atoms with E-state index in [0.29, 0.717) is 6.54 Å². The van der Waals surface area contributed by atoms with Crippen LogP contribution >= 0.6 is 22.7 Å². The number of aryl methyl sites for hydroxylation is 2. The summed E-state index contributed by atoms with van der Waals surface area (Å²) in [5.74, 6) is 0. The highest BCUT2D eigenvalue weighted by Gasteiger charge is 2.08. The van der Waals surface area contributed by atoms with Crippen LogP contribution in [0, 0.1) is 13.8 Å². The molecule has 0 unspecified atom stereocenters. The Bertz CT molecular complexity index is 928. The van der Waals surface area contributed by atoms with Crippen molar-refractivity contribution < 1.29 is 0 Å². The molecule has 24 heavy (non-hydrogen) atoms. The molecular formula is C19H19N3S2. The SMILES string of the molecule is C=CCN=c1scc(-c2cccs2)n1N=Cc1cc(C)ccc1C. The van der Waals surface area contributed by atoms with Crippen LogP contribution in [-0.4, -0.2) is 17.4 Å². The van der Waals surface area contributed by atoms with Crippen LogP contribution in [0.2, 0.25) is 0 Å². The second-order valence-electron chi connectivity index (χ2n) is 5.43. The summed E-state index contributed by atoms with van der Waals surface area (Å²) in [6, 6.07) is 10.5. The van der Waals surface area contributed by atoms with Crippen molar-refractivity contribution in [1.29, 1.82) is 0 Å². The van der Waals surface area contributed by atoms with Crippen LogP contribution in [0.4, 0.5) is 0 Å². The van der Waals surface area contributed by atoms with E-state index in [1.54, 1.807) is 28.7 Å². The largest absolute Gasteiger partial charge is 0.253 e. The molecule has 122 valence electrons. The third-order valence-corrected chi connectivity index (χ3v) is 5.31. The summed E-state index contributed by atoms with van der Waals surface area (Å²) in [5.41, 5.74) is 4.63. The minimum atomic E-state index is 0.587. The quantitative estimate of drug-likeness (QED) is 0.463. The van der Waals surface area contributed by atoms with Crippen LogP contribution in [-0.2, 0) is 0 Å². The average Bonchev–Trinajstić information content (AvgIpc) is 3.23. The maximum atomic E-state index is 4.73. The molecule has 0 saturated carbocycles. The maximum absolute atomic E-state index is 4.73. The zero-order valence-electron chi connectivity index (χ0n) is 13.8. The molecular weight excluding hydrogens is 334 g/mol. The van der Waals surface area contributed by atoms with Gasteiger partial charge in [-0.2, -0.15) is 5.10 Å². The lowest BCUT2D eigenvalue weighted by Gasteiger charge is -2.03. The predicted octanol–water partition coefficient (Wildman–Crippen LogP) is 4.86. The summed E-state index contributed by atoms with van der Waals surface area (Å²) in [6.45, 7) is 8.52. The van der Waals surface area contributed by atoms with Crippen LogP contribution in [0.1, 0.15) is 16.7 Å². The predicted molar refractivity (Wildman–Crippen MR) is 105 cm³/mol. The molecule has 0 fully saturated rings. The molecule has 0 bridgehead atoms. The van der Waals surface area contributed by atoms with Gasteiger partial charge in [0.1, 0.15) is 0 Å². The first-order valence-corrected chi connectivity index (χ1v) is 9.42. The Morgan fingerprint density at radius 1 is 1.21 bits per heavy atom. The van der Waals surface area contributed by atoms with E-state index in [0.717, 1.165) is 16.1 Å². The van der Waals surface area contributed by atoms with E-state index in [4.69, 9.17) is 5.10 Å². The Morgan fingerprint density at radius 3 is 2.83 bits per heavy atom. The van der Waals surface area contributed by atoms with E-state index in [9.17, 15) is 0 Å². The topological polar surface area (TPSA) is 29.6 Å². The van der Waals surface area contributed by atoms with Crippen molar-refractivity contribution in [1.82, 2.24) is 4.68 Å². The number of thiazole rings is 1. The van der Waals surface area contributed by atoms with Gasteiger partial charge in [-0.25, -0.2) is 4.68 Å². The molecule has 2 aromatic heterocycles. The number of hydrogen-bond donors (Lipinski definition) is 0. The molecule has 3 aromatic rings. The summed E-state index contributed by atoms with van der Waals surface area (Å²) in [6.07, 6.45) is 3.71. The third kappa shape index (κ3) is 3.63. The Morgan fingerprint density at radius 2 is 2.08 bits per heavy atom. The number of hydrogen-bond acceptors (Lipinski definition) is 4. The van der Waals surface area contributed by atoms with Gasteiger partial charge in [-0.3, -0.25) is 4.99 Å². The first-order chi connectivity index (χ1) is 11.7. The van der Waals surface area contributed by atoms with Crippen LogP contribution in [0.3, 0.4) is 0 Å². The lowest BCUT2D eigenvalue weighted by Crippen LogP contribution is -2.12. The third-order valence-electron chi connectivity index (χ3n) is 3.56. The fraction of sp³-hybridized carbons (Fsp3) is 0.158. The van der Waals surface area contributed by atoms with Crippen molar-refractivity contribution in [3.63, 3.8) is 0 Å². The molecule has 0 spiro atoms. The fourth-order valence-corrected chi connectivity index (χ4v) is 3.92. The van der Waals surface area contributed by atoms with Gasteiger partial charge in [0.2, 0.25) is 4.80 Å². The Balaban J connectivity index is 2.08. The van der Waals surface area contributed by atoms with Crippen LogP contribution in [0.5, 0.6) is 0 Å². The van der Waals surface area contributed by atoms with Gasteiger partial charge in [0, 0.05) is 5.38 Å². The molecule has 0 aliphatic heterocycles. The zero-order chi connectivity index (χ0) is 16.9. The number of rotatable bonds is 5. The van der Waals surface area contributed by atoms with Crippen molar-refractivity contribution in [2.45, 2.75) is 13.8 Å². The Hall–Kier alpha value is -2.24. The van der Waals surface area contributed by atoms with Crippen LogP contribution in [0.15, 0.2) is 63.8 Å². The zero-order valence-corrected chi connectivity index (χ0v) is 15.4. The molecule has 0 aliphatic carbocycles. The average molecular weight is 354 g/mol. The van der Waals surface area contributed by atoms with Gasteiger partial charge >= 0.3 is 0 Å². The van der Waals surface area contributed by atoms with Crippen LogP contribution < -0.4 is 4.80 Å².